The summed E-state index contributed by atoms with van der Waals surface area (Å²) in [7, 11) is 0. The van der Waals surface area contributed by atoms with E-state index in [1.807, 2.05) is 24.3 Å². The summed E-state index contributed by atoms with van der Waals surface area (Å²) in [5, 5.41) is 9.78. The Morgan fingerprint density at radius 1 is 0.933 bits per heavy atom. The fraction of sp³-hybridized carbons (Fsp3) is 0.143. The summed E-state index contributed by atoms with van der Waals surface area (Å²) in [6.07, 6.45) is 1.05. The Balaban J connectivity index is 2.05. The van der Waals surface area contributed by atoms with Gasteiger partial charge in [0.1, 0.15) is 5.75 Å². The van der Waals surface area contributed by atoms with Crippen molar-refractivity contribution in [1.82, 2.24) is 0 Å². The van der Waals surface area contributed by atoms with Gasteiger partial charge in [-0.05, 0) is 23.6 Å². The Hall–Kier alpha value is -1.76. The van der Waals surface area contributed by atoms with Gasteiger partial charge in [0.15, 0.2) is 0 Å². The molecule has 0 heterocycles. The van der Waals surface area contributed by atoms with Crippen LogP contribution in [0.4, 0.5) is 0 Å². The first-order valence-electron chi connectivity index (χ1n) is 5.22. The number of hydrogen-bond acceptors (Lipinski definition) is 1. The van der Waals surface area contributed by atoms with Crippen molar-refractivity contribution in [3.8, 4) is 5.75 Å². The van der Waals surface area contributed by atoms with Crippen LogP contribution in [0.1, 0.15) is 22.6 Å². The van der Waals surface area contributed by atoms with Crippen LogP contribution in [0.5, 0.6) is 5.75 Å². The van der Waals surface area contributed by atoms with Crippen molar-refractivity contribution in [2.45, 2.75) is 12.3 Å². The van der Waals surface area contributed by atoms with Crippen LogP contribution in [-0.2, 0) is 6.42 Å². The van der Waals surface area contributed by atoms with Crippen molar-refractivity contribution >= 4 is 0 Å². The number of rotatable bonds is 1. The molecule has 0 aliphatic heterocycles. The van der Waals surface area contributed by atoms with Crippen LogP contribution in [-0.4, -0.2) is 5.11 Å². The fourth-order valence-corrected chi connectivity index (χ4v) is 2.34. The number of aromatic hydroxyl groups is 1. The SMILES string of the molecule is Oc1cccc2c1C(c1ccccc1)C2. The lowest BCUT2D eigenvalue weighted by Gasteiger charge is -2.31. The molecule has 2 aromatic carbocycles. The zero-order chi connectivity index (χ0) is 10.3. The molecule has 1 heteroatoms. The third-order valence-electron chi connectivity index (χ3n) is 3.15. The summed E-state index contributed by atoms with van der Waals surface area (Å²) in [6.45, 7) is 0. The van der Waals surface area contributed by atoms with E-state index in [-0.39, 0.29) is 0 Å². The Bertz CT molecular complexity index is 474. The normalized spacial score (nSPS) is 18.0. The van der Waals surface area contributed by atoms with Crippen molar-refractivity contribution in [2.24, 2.45) is 0 Å². The van der Waals surface area contributed by atoms with Crippen LogP contribution in [0, 0.1) is 0 Å². The molecule has 3 rings (SSSR count). The lowest BCUT2D eigenvalue weighted by atomic mass is 9.73. The predicted molar refractivity (Wildman–Crippen MR) is 60.1 cm³/mol. The van der Waals surface area contributed by atoms with Gasteiger partial charge in [-0.2, -0.15) is 0 Å². The molecule has 1 atom stereocenters. The van der Waals surface area contributed by atoms with Crippen molar-refractivity contribution < 1.29 is 5.11 Å². The van der Waals surface area contributed by atoms with Gasteiger partial charge in [0, 0.05) is 11.5 Å². The molecule has 1 unspecified atom stereocenters. The van der Waals surface area contributed by atoms with Crippen LogP contribution in [0.15, 0.2) is 48.5 Å². The molecule has 2 aromatic rings. The molecule has 1 aliphatic rings. The molecule has 1 aliphatic carbocycles. The standard InChI is InChI=1S/C14H12O/c15-13-8-4-7-11-9-12(14(11)13)10-5-2-1-3-6-10/h1-8,12,15H,9H2. The number of benzene rings is 2. The van der Waals surface area contributed by atoms with E-state index in [1.165, 1.54) is 11.1 Å². The number of fused-ring (bicyclic) bond motifs is 1. The van der Waals surface area contributed by atoms with Crippen LogP contribution in [0.2, 0.25) is 0 Å². The van der Waals surface area contributed by atoms with E-state index < -0.39 is 0 Å². The van der Waals surface area contributed by atoms with E-state index in [2.05, 4.69) is 18.2 Å². The molecule has 0 spiro atoms. The van der Waals surface area contributed by atoms with Crippen molar-refractivity contribution in [1.29, 1.82) is 0 Å². The number of phenols is 1. The molecule has 0 bridgehead atoms. The molecule has 0 saturated heterocycles. The zero-order valence-corrected chi connectivity index (χ0v) is 8.35. The van der Waals surface area contributed by atoms with Crippen molar-refractivity contribution in [3.63, 3.8) is 0 Å². The van der Waals surface area contributed by atoms with Gasteiger partial charge in [0.05, 0.1) is 0 Å². The van der Waals surface area contributed by atoms with E-state index in [9.17, 15) is 5.11 Å². The maximum absolute atomic E-state index is 9.78. The molecule has 1 N–H and O–H groups in total. The zero-order valence-electron chi connectivity index (χ0n) is 8.35. The second kappa shape index (κ2) is 3.13. The molecule has 0 aromatic heterocycles. The second-order valence-electron chi connectivity index (χ2n) is 4.02. The molecule has 1 nitrogen and oxygen atoms in total. The maximum Gasteiger partial charge on any atom is 0.119 e. The summed E-state index contributed by atoms with van der Waals surface area (Å²) in [4.78, 5) is 0. The molecule has 0 fully saturated rings. The summed E-state index contributed by atoms with van der Waals surface area (Å²) >= 11 is 0. The smallest absolute Gasteiger partial charge is 0.119 e. The van der Waals surface area contributed by atoms with E-state index in [0.29, 0.717) is 11.7 Å². The Morgan fingerprint density at radius 3 is 2.47 bits per heavy atom. The molecule has 0 saturated carbocycles. The first-order chi connectivity index (χ1) is 7.36. The third-order valence-corrected chi connectivity index (χ3v) is 3.15. The molecule has 0 amide bonds. The highest BCUT2D eigenvalue weighted by atomic mass is 16.3. The Morgan fingerprint density at radius 2 is 1.73 bits per heavy atom. The minimum Gasteiger partial charge on any atom is -0.508 e. The average molecular weight is 196 g/mol. The van der Waals surface area contributed by atoms with Gasteiger partial charge in [0.25, 0.3) is 0 Å². The minimum atomic E-state index is 0.391. The first-order valence-corrected chi connectivity index (χ1v) is 5.22. The largest absolute Gasteiger partial charge is 0.508 e. The highest BCUT2D eigenvalue weighted by Gasteiger charge is 2.29. The van der Waals surface area contributed by atoms with Gasteiger partial charge < -0.3 is 5.11 Å². The van der Waals surface area contributed by atoms with Crippen LogP contribution in [0.3, 0.4) is 0 Å². The van der Waals surface area contributed by atoms with Gasteiger partial charge in [-0.15, -0.1) is 0 Å². The monoisotopic (exact) mass is 196 g/mol. The minimum absolute atomic E-state index is 0.391. The van der Waals surface area contributed by atoms with E-state index in [1.54, 1.807) is 6.07 Å². The average Bonchev–Trinajstić information content (AvgIpc) is 2.22. The van der Waals surface area contributed by atoms with Crippen molar-refractivity contribution in [3.05, 3.63) is 65.2 Å². The molecular weight excluding hydrogens is 184 g/mol. The van der Waals surface area contributed by atoms with Crippen LogP contribution in [0.25, 0.3) is 0 Å². The summed E-state index contributed by atoms with van der Waals surface area (Å²) < 4.78 is 0. The van der Waals surface area contributed by atoms with E-state index >= 15 is 0 Å². The quantitative estimate of drug-likeness (QED) is 0.743. The summed E-state index contributed by atoms with van der Waals surface area (Å²) in [6, 6.07) is 16.1. The highest BCUT2D eigenvalue weighted by molar-refractivity contribution is 5.53. The lowest BCUT2D eigenvalue weighted by molar-refractivity contribution is 0.455. The predicted octanol–water partition coefficient (Wildman–Crippen LogP) is 3.08. The van der Waals surface area contributed by atoms with E-state index in [4.69, 9.17) is 0 Å². The van der Waals surface area contributed by atoms with Gasteiger partial charge in [0.2, 0.25) is 0 Å². The maximum atomic E-state index is 9.78. The van der Waals surface area contributed by atoms with Gasteiger partial charge in [-0.3, -0.25) is 0 Å². The van der Waals surface area contributed by atoms with Crippen LogP contribution >= 0.6 is 0 Å². The molecular formula is C14H12O. The number of hydrogen-bond donors (Lipinski definition) is 1. The molecule has 15 heavy (non-hydrogen) atoms. The summed E-state index contributed by atoms with van der Waals surface area (Å²) in [5.74, 6) is 0.829. The highest BCUT2D eigenvalue weighted by Crippen LogP contribution is 2.44. The summed E-state index contributed by atoms with van der Waals surface area (Å²) in [5.41, 5.74) is 3.69. The Kier molecular flexibility index (Phi) is 1.78. The van der Waals surface area contributed by atoms with E-state index in [0.717, 1.165) is 12.0 Å². The first kappa shape index (κ1) is 8.54. The number of phenolic OH excluding ortho intramolecular Hbond substituents is 1. The molecule has 0 radical (unpaired) electrons. The third kappa shape index (κ3) is 1.23. The Labute approximate surface area is 89.0 Å². The second-order valence-corrected chi connectivity index (χ2v) is 4.02. The van der Waals surface area contributed by atoms with Crippen molar-refractivity contribution in [2.75, 3.05) is 0 Å². The van der Waals surface area contributed by atoms with Crippen LogP contribution < -0.4 is 0 Å². The van der Waals surface area contributed by atoms with Gasteiger partial charge in [-0.1, -0.05) is 42.5 Å². The van der Waals surface area contributed by atoms with Gasteiger partial charge in [-0.25, -0.2) is 0 Å². The molecule has 74 valence electrons. The lowest BCUT2D eigenvalue weighted by Crippen LogP contribution is -2.18. The fourth-order valence-electron chi connectivity index (χ4n) is 2.34. The topological polar surface area (TPSA) is 20.2 Å². The van der Waals surface area contributed by atoms with Gasteiger partial charge >= 0.3 is 0 Å².